The van der Waals surface area contributed by atoms with E-state index in [2.05, 4.69) is 10.2 Å². The molecule has 0 radical (unpaired) electrons. The van der Waals surface area contributed by atoms with E-state index in [0.717, 1.165) is 49.4 Å². The molecule has 1 fully saturated rings. The predicted octanol–water partition coefficient (Wildman–Crippen LogP) is 4.19. The highest BCUT2D eigenvalue weighted by Gasteiger charge is 2.27. The van der Waals surface area contributed by atoms with E-state index in [-0.39, 0.29) is 16.6 Å². The monoisotopic (exact) mass is 394 g/mol. The van der Waals surface area contributed by atoms with Gasteiger partial charge in [0.2, 0.25) is 0 Å². The van der Waals surface area contributed by atoms with E-state index in [0.29, 0.717) is 6.54 Å². The Balaban J connectivity index is 1.81. The molecule has 1 heterocycles. The molecular formula is C20H21ClF2N2O2. The second-order valence-electron chi connectivity index (χ2n) is 6.46. The SMILES string of the molecule is COc1ccccc1C(CNC(=O)c1cc(F)c(F)cc1Cl)N1CCCC1. The van der Waals surface area contributed by atoms with Gasteiger partial charge in [0.05, 0.1) is 23.7 Å². The van der Waals surface area contributed by atoms with Crippen molar-refractivity contribution in [1.29, 1.82) is 0 Å². The molecule has 7 heteroatoms. The van der Waals surface area contributed by atoms with Crippen molar-refractivity contribution in [3.63, 3.8) is 0 Å². The van der Waals surface area contributed by atoms with Crippen LogP contribution in [-0.4, -0.2) is 37.6 Å². The number of likely N-dealkylation sites (tertiary alicyclic amines) is 1. The van der Waals surface area contributed by atoms with Gasteiger partial charge in [-0.05, 0) is 44.1 Å². The highest BCUT2D eigenvalue weighted by Crippen LogP contribution is 2.31. The van der Waals surface area contributed by atoms with Crippen LogP contribution in [0.2, 0.25) is 5.02 Å². The van der Waals surface area contributed by atoms with Crippen molar-refractivity contribution in [3.05, 3.63) is 64.2 Å². The molecule has 1 N–H and O–H groups in total. The van der Waals surface area contributed by atoms with Crippen LogP contribution < -0.4 is 10.1 Å². The molecule has 1 aliphatic heterocycles. The number of ether oxygens (including phenoxy) is 1. The van der Waals surface area contributed by atoms with E-state index in [1.807, 2.05) is 24.3 Å². The van der Waals surface area contributed by atoms with E-state index in [1.165, 1.54) is 0 Å². The molecule has 2 aromatic carbocycles. The Kier molecular flexibility index (Phi) is 6.29. The maximum absolute atomic E-state index is 13.5. The standard InChI is InChI=1S/C20H21ClF2N2O2/c1-27-19-7-3-2-6-13(19)18(25-8-4-5-9-25)12-24-20(26)14-10-16(22)17(23)11-15(14)21/h2-3,6-7,10-11,18H,4-5,8-9,12H2,1H3,(H,24,26). The second-order valence-corrected chi connectivity index (χ2v) is 6.86. The molecule has 0 saturated carbocycles. The van der Waals surface area contributed by atoms with Crippen LogP contribution in [0.1, 0.15) is 34.8 Å². The van der Waals surface area contributed by atoms with Crippen molar-refractivity contribution >= 4 is 17.5 Å². The number of amides is 1. The molecule has 0 bridgehead atoms. The van der Waals surface area contributed by atoms with Gasteiger partial charge in [-0.1, -0.05) is 29.8 Å². The number of nitrogens with zero attached hydrogens (tertiary/aromatic N) is 1. The number of hydrogen-bond donors (Lipinski definition) is 1. The Morgan fingerprint density at radius 3 is 2.59 bits per heavy atom. The Bertz CT molecular complexity index is 826. The molecular weight excluding hydrogens is 374 g/mol. The first-order valence-corrected chi connectivity index (χ1v) is 9.18. The number of methoxy groups -OCH3 is 1. The molecule has 0 spiro atoms. The van der Waals surface area contributed by atoms with Crippen LogP contribution >= 0.6 is 11.6 Å². The third-order valence-corrected chi connectivity index (χ3v) is 5.10. The number of benzene rings is 2. The summed E-state index contributed by atoms with van der Waals surface area (Å²) in [5, 5.41) is 2.68. The van der Waals surface area contributed by atoms with Gasteiger partial charge in [0.25, 0.3) is 5.91 Å². The highest BCUT2D eigenvalue weighted by atomic mass is 35.5. The van der Waals surface area contributed by atoms with Crippen LogP contribution in [0.5, 0.6) is 5.75 Å². The zero-order valence-electron chi connectivity index (χ0n) is 15.0. The number of carbonyl (C=O) groups is 1. The topological polar surface area (TPSA) is 41.6 Å². The molecule has 1 amide bonds. The van der Waals surface area contributed by atoms with E-state index in [4.69, 9.17) is 16.3 Å². The van der Waals surface area contributed by atoms with Gasteiger partial charge in [-0.15, -0.1) is 0 Å². The van der Waals surface area contributed by atoms with E-state index >= 15 is 0 Å². The molecule has 1 aliphatic rings. The van der Waals surface area contributed by atoms with Crippen LogP contribution in [0.3, 0.4) is 0 Å². The number of hydrogen-bond acceptors (Lipinski definition) is 3. The Hall–Kier alpha value is -2.18. The average Bonchev–Trinajstić information content (AvgIpc) is 3.19. The summed E-state index contributed by atoms with van der Waals surface area (Å²) in [6.45, 7) is 2.14. The summed E-state index contributed by atoms with van der Waals surface area (Å²) in [5.41, 5.74) is 0.884. The largest absolute Gasteiger partial charge is 0.496 e. The summed E-state index contributed by atoms with van der Waals surface area (Å²) in [6.07, 6.45) is 2.18. The lowest BCUT2D eigenvalue weighted by atomic mass is 10.0. The lowest BCUT2D eigenvalue weighted by Crippen LogP contribution is -2.37. The van der Waals surface area contributed by atoms with Gasteiger partial charge in [-0.3, -0.25) is 9.69 Å². The lowest BCUT2D eigenvalue weighted by Gasteiger charge is -2.29. The third-order valence-electron chi connectivity index (χ3n) is 4.79. The first-order chi connectivity index (χ1) is 13.0. The van der Waals surface area contributed by atoms with Gasteiger partial charge in [-0.25, -0.2) is 8.78 Å². The summed E-state index contributed by atoms with van der Waals surface area (Å²) in [7, 11) is 1.61. The highest BCUT2D eigenvalue weighted by molar-refractivity contribution is 6.33. The normalized spacial score (nSPS) is 15.6. The average molecular weight is 395 g/mol. The fraction of sp³-hybridized carbons (Fsp3) is 0.350. The van der Waals surface area contributed by atoms with Gasteiger partial charge in [-0.2, -0.15) is 0 Å². The first-order valence-electron chi connectivity index (χ1n) is 8.81. The molecule has 27 heavy (non-hydrogen) atoms. The van der Waals surface area contributed by atoms with Gasteiger partial charge in [0.15, 0.2) is 11.6 Å². The number of para-hydroxylation sites is 1. The van der Waals surface area contributed by atoms with Crippen LogP contribution in [-0.2, 0) is 0 Å². The van der Waals surface area contributed by atoms with Gasteiger partial charge in [0.1, 0.15) is 5.75 Å². The van der Waals surface area contributed by atoms with Crippen LogP contribution in [0.15, 0.2) is 36.4 Å². The number of halogens is 3. The van der Waals surface area contributed by atoms with Gasteiger partial charge in [0, 0.05) is 12.1 Å². The summed E-state index contributed by atoms with van der Waals surface area (Å²) < 4.78 is 32.2. The van der Waals surface area contributed by atoms with Crippen LogP contribution in [0.25, 0.3) is 0 Å². The van der Waals surface area contributed by atoms with Crippen molar-refractivity contribution in [1.82, 2.24) is 10.2 Å². The summed E-state index contributed by atoms with van der Waals surface area (Å²) in [5.74, 6) is -1.99. The van der Waals surface area contributed by atoms with Crippen molar-refractivity contribution in [3.8, 4) is 5.75 Å². The number of nitrogens with one attached hydrogen (secondary N) is 1. The Labute approximate surface area is 162 Å². The van der Waals surface area contributed by atoms with E-state index in [1.54, 1.807) is 7.11 Å². The molecule has 3 rings (SSSR count). The molecule has 1 atom stereocenters. The Morgan fingerprint density at radius 2 is 1.89 bits per heavy atom. The zero-order chi connectivity index (χ0) is 19.4. The van der Waals surface area contributed by atoms with Crippen LogP contribution in [0.4, 0.5) is 8.78 Å². The maximum Gasteiger partial charge on any atom is 0.252 e. The molecule has 0 aliphatic carbocycles. The quantitative estimate of drug-likeness (QED) is 0.747. The molecule has 2 aromatic rings. The second kappa shape index (κ2) is 8.67. The van der Waals surface area contributed by atoms with E-state index < -0.39 is 17.5 Å². The van der Waals surface area contributed by atoms with Crippen molar-refractivity contribution in [2.45, 2.75) is 18.9 Å². The number of rotatable bonds is 6. The van der Waals surface area contributed by atoms with Gasteiger partial charge < -0.3 is 10.1 Å². The fourth-order valence-corrected chi connectivity index (χ4v) is 3.65. The first kappa shape index (κ1) is 19.6. The Morgan fingerprint density at radius 1 is 1.22 bits per heavy atom. The minimum absolute atomic E-state index is 0.0864. The zero-order valence-corrected chi connectivity index (χ0v) is 15.7. The third kappa shape index (κ3) is 4.39. The molecule has 1 unspecified atom stereocenters. The minimum atomic E-state index is -1.11. The molecule has 0 aromatic heterocycles. The van der Waals surface area contributed by atoms with Gasteiger partial charge >= 0.3 is 0 Å². The van der Waals surface area contributed by atoms with Crippen molar-refractivity contribution < 1.29 is 18.3 Å². The van der Waals surface area contributed by atoms with Crippen molar-refractivity contribution in [2.75, 3.05) is 26.7 Å². The molecule has 144 valence electrons. The summed E-state index contributed by atoms with van der Waals surface area (Å²) in [6, 6.07) is 9.21. The number of carbonyl (C=O) groups excluding carboxylic acids is 1. The predicted molar refractivity (Wildman–Crippen MR) is 100 cm³/mol. The minimum Gasteiger partial charge on any atom is -0.496 e. The fourth-order valence-electron chi connectivity index (χ4n) is 3.41. The summed E-state index contributed by atoms with van der Waals surface area (Å²) in [4.78, 5) is 14.8. The van der Waals surface area contributed by atoms with Crippen molar-refractivity contribution in [2.24, 2.45) is 0 Å². The maximum atomic E-state index is 13.5. The smallest absolute Gasteiger partial charge is 0.252 e. The molecule has 4 nitrogen and oxygen atoms in total. The lowest BCUT2D eigenvalue weighted by molar-refractivity contribution is 0.0937. The molecule has 1 saturated heterocycles. The van der Waals surface area contributed by atoms with Crippen LogP contribution in [0, 0.1) is 11.6 Å². The summed E-state index contributed by atoms with van der Waals surface area (Å²) >= 11 is 5.91. The van der Waals surface area contributed by atoms with E-state index in [9.17, 15) is 13.6 Å².